The van der Waals surface area contributed by atoms with Gasteiger partial charge in [0.05, 0.1) is 5.56 Å². The average molecular weight is 308 g/mol. The minimum absolute atomic E-state index is 0.0781. The Morgan fingerprint density at radius 3 is 2.71 bits per heavy atom. The number of piperidine rings is 1. The molecule has 0 saturated carbocycles. The van der Waals surface area contributed by atoms with Crippen molar-refractivity contribution in [3.05, 3.63) is 22.4 Å². The zero-order valence-electron chi connectivity index (χ0n) is 11.9. The van der Waals surface area contributed by atoms with Crippen LogP contribution in [0.15, 0.2) is 16.8 Å². The fourth-order valence-corrected chi connectivity index (χ4v) is 4.36. The van der Waals surface area contributed by atoms with Gasteiger partial charge >= 0.3 is 0 Å². The Hall–Kier alpha value is -1.40. The van der Waals surface area contributed by atoms with Crippen LogP contribution in [0.1, 0.15) is 36.0 Å². The van der Waals surface area contributed by atoms with Crippen molar-refractivity contribution in [2.45, 2.75) is 31.7 Å². The van der Waals surface area contributed by atoms with Crippen LogP contribution in [0.25, 0.3) is 0 Å². The molecule has 1 unspecified atom stereocenters. The van der Waals surface area contributed by atoms with Crippen molar-refractivity contribution in [3.8, 4) is 0 Å². The van der Waals surface area contributed by atoms with Gasteiger partial charge in [-0.15, -0.1) is 0 Å². The van der Waals surface area contributed by atoms with Gasteiger partial charge < -0.3 is 15.4 Å². The van der Waals surface area contributed by atoms with Crippen molar-refractivity contribution in [1.29, 1.82) is 0 Å². The number of nitrogens with zero attached hydrogens (tertiary/aromatic N) is 1. The number of carbonyl (C=O) groups excluding carboxylic acids is 2. The van der Waals surface area contributed by atoms with Crippen molar-refractivity contribution in [2.24, 2.45) is 11.1 Å². The molecule has 2 aliphatic rings. The largest absolute Gasteiger partial charge is 0.381 e. The second-order valence-corrected chi connectivity index (χ2v) is 6.67. The van der Waals surface area contributed by atoms with Crippen molar-refractivity contribution < 1.29 is 14.3 Å². The summed E-state index contributed by atoms with van der Waals surface area (Å²) < 4.78 is 5.44. The topological polar surface area (TPSA) is 72.6 Å². The minimum atomic E-state index is -0.512. The Morgan fingerprint density at radius 2 is 2.10 bits per heavy atom. The second-order valence-electron chi connectivity index (χ2n) is 5.89. The number of nitrogens with two attached hydrogens (primary N) is 1. The first-order chi connectivity index (χ1) is 10.1. The highest BCUT2D eigenvalue weighted by molar-refractivity contribution is 7.08. The van der Waals surface area contributed by atoms with E-state index in [0.717, 1.165) is 25.7 Å². The number of likely N-dealkylation sites (tertiary alicyclic amines) is 1. The van der Waals surface area contributed by atoms with E-state index in [9.17, 15) is 9.59 Å². The number of hydrogen-bond donors (Lipinski definition) is 1. The van der Waals surface area contributed by atoms with Gasteiger partial charge in [-0.1, -0.05) is 0 Å². The molecule has 2 amide bonds. The van der Waals surface area contributed by atoms with E-state index in [1.54, 1.807) is 11.0 Å². The molecule has 0 aromatic carbocycles. The lowest BCUT2D eigenvalue weighted by molar-refractivity contribution is -0.134. The quantitative estimate of drug-likeness (QED) is 0.902. The van der Waals surface area contributed by atoms with Crippen LogP contribution in [0.3, 0.4) is 0 Å². The minimum Gasteiger partial charge on any atom is -0.381 e. The smallest absolute Gasteiger partial charge is 0.255 e. The fourth-order valence-electron chi connectivity index (χ4n) is 3.73. The Kier molecular flexibility index (Phi) is 3.99. The van der Waals surface area contributed by atoms with E-state index >= 15 is 0 Å². The summed E-state index contributed by atoms with van der Waals surface area (Å²) in [5.41, 5.74) is 6.13. The highest BCUT2D eigenvalue weighted by Gasteiger charge is 2.49. The van der Waals surface area contributed by atoms with E-state index in [1.165, 1.54) is 11.3 Å². The summed E-state index contributed by atoms with van der Waals surface area (Å²) in [5, 5.41) is 3.70. The first-order valence-electron chi connectivity index (χ1n) is 7.34. The van der Waals surface area contributed by atoms with Crippen LogP contribution in [0.2, 0.25) is 0 Å². The second kappa shape index (κ2) is 5.77. The van der Waals surface area contributed by atoms with Gasteiger partial charge in [-0.25, -0.2) is 0 Å². The molecule has 0 bridgehead atoms. The van der Waals surface area contributed by atoms with E-state index in [0.29, 0.717) is 25.3 Å². The lowest BCUT2D eigenvalue weighted by Crippen LogP contribution is -2.61. The van der Waals surface area contributed by atoms with Crippen LogP contribution >= 0.6 is 11.3 Å². The van der Waals surface area contributed by atoms with Gasteiger partial charge in [0.25, 0.3) is 5.91 Å². The number of ether oxygens (including phenoxy) is 1. The highest BCUT2D eigenvalue weighted by atomic mass is 32.1. The van der Waals surface area contributed by atoms with Crippen LogP contribution in [0.4, 0.5) is 0 Å². The van der Waals surface area contributed by atoms with E-state index in [-0.39, 0.29) is 17.2 Å². The monoisotopic (exact) mass is 308 g/mol. The number of rotatable bonds is 2. The van der Waals surface area contributed by atoms with Gasteiger partial charge in [0, 0.05) is 30.6 Å². The van der Waals surface area contributed by atoms with Crippen LogP contribution in [0, 0.1) is 5.41 Å². The van der Waals surface area contributed by atoms with Gasteiger partial charge in [-0.2, -0.15) is 11.3 Å². The molecule has 0 aliphatic carbocycles. The molecule has 2 fully saturated rings. The number of hydrogen-bond acceptors (Lipinski definition) is 4. The standard InChI is InChI=1S/C15H20N2O3S/c16-13(18)12-15(4-7-20-8-5-15)3-1-6-17(12)14(19)11-2-9-21-10-11/h2,9-10,12H,1,3-8H2,(H2,16,18). The predicted octanol–water partition coefficient (Wildman–Crippen LogP) is 1.63. The molecule has 114 valence electrons. The number of primary amides is 1. The van der Waals surface area contributed by atoms with Gasteiger partial charge in [0.1, 0.15) is 6.04 Å². The molecule has 5 nitrogen and oxygen atoms in total. The molecule has 2 aliphatic heterocycles. The molecule has 2 saturated heterocycles. The number of carbonyl (C=O) groups is 2. The first-order valence-corrected chi connectivity index (χ1v) is 8.29. The number of thiophene rings is 1. The maximum Gasteiger partial charge on any atom is 0.255 e. The van der Waals surface area contributed by atoms with E-state index in [2.05, 4.69) is 0 Å². The summed E-state index contributed by atoms with van der Waals surface area (Å²) in [6.07, 6.45) is 3.46. The van der Waals surface area contributed by atoms with E-state index in [1.807, 2.05) is 10.8 Å². The lowest BCUT2D eigenvalue weighted by atomic mass is 9.67. The third kappa shape index (κ3) is 2.58. The zero-order chi connectivity index (χ0) is 14.9. The third-order valence-electron chi connectivity index (χ3n) is 4.75. The molecule has 3 heterocycles. The molecule has 2 N–H and O–H groups in total. The third-order valence-corrected chi connectivity index (χ3v) is 5.44. The Bertz CT molecular complexity index is 518. The van der Waals surface area contributed by atoms with Gasteiger partial charge in [0.15, 0.2) is 0 Å². The fraction of sp³-hybridized carbons (Fsp3) is 0.600. The molecule has 1 atom stereocenters. The summed E-state index contributed by atoms with van der Waals surface area (Å²) in [6, 6.07) is 1.29. The molecule has 0 radical (unpaired) electrons. The molecule has 1 aromatic rings. The van der Waals surface area contributed by atoms with Crippen molar-refractivity contribution in [1.82, 2.24) is 4.90 Å². The molecule has 21 heavy (non-hydrogen) atoms. The highest BCUT2D eigenvalue weighted by Crippen LogP contribution is 2.44. The van der Waals surface area contributed by atoms with Crippen LogP contribution in [0.5, 0.6) is 0 Å². The Morgan fingerprint density at radius 1 is 1.33 bits per heavy atom. The SMILES string of the molecule is NC(=O)C1N(C(=O)c2ccsc2)CCCC12CCOCC2. The summed E-state index contributed by atoms with van der Waals surface area (Å²) in [6.45, 7) is 1.89. The average Bonchev–Trinajstić information content (AvgIpc) is 3.01. The summed E-state index contributed by atoms with van der Waals surface area (Å²) >= 11 is 1.48. The van der Waals surface area contributed by atoms with Crippen molar-refractivity contribution >= 4 is 23.2 Å². The molecule has 1 aromatic heterocycles. The van der Waals surface area contributed by atoms with Gasteiger partial charge in [0.2, 0.25) is 5.91 Å². The van der Waals surface area contributed by atoms with Crippen molar-refractivity contribution in [2.75, 3.05) is 19.8 Å². The molecule has 6 heteroatoms. The number of amides is 2. The maximum absolute atomic E-state index is 12.7. The molecular weight excluding hydrogens is 288 g/mol. The Labute approximate surface area is 128 Å². The summed E-state index contributed by atoms with van der Waals surface area (Å²) in [4.78, 5) is 26.5. The zero-order valence-corrected chi connectivity index (χ0v) is 12.7. The van der Waals surface area contributed by atoms with Crippen LogP contribution in [-0.4, -0.2) is 42.5 Å². The lowest BCUT2D eigenvalue weighted by Gasteiger charge is -2.50. The molecule has 3 rings (SSSR count). The van der Waals surface area contributed by atoms with Crippen molar-refractivity contribution in [3.63, 3.8) is 0 Å². The van der Waals surface area contributed by atoms with E-state index in [4.69, 9.17) is 10.5 Å². The van der Waals surface area contributed by atoms with Crippen LogP contribution in [-0.2, 0) is 9.53 Å². The van der Waals surface area contributed by atoms with Gasteiger partial charge in [-0.05, 0) is 37.1 Å². The first kappa shape index (κ1) is 14.5. The van der Waals surface area contributed by atoms with E-state index < -0.39 is 6.04 Å². The maximum atomic E-state index is 12.7. The van der Waals surface area contributed by atoms with Crippen LogP contribution < -0.4 is 5.73 Å². The Balaban J connectivity index is 1.92. The van der Waals surface area contributed by atoms with Gasteiger partial charge in [-0.3, -0.25) is 9.59 Å². The summed E-state index contributed by atoms with van der Waals surface area (Å²) in [7, 11) is 0. The molecule has 1 spiro atoms. The normalized spacial score (nSPS) is 25.0. The summed E-state index contributed by atoms with van der Waals surface area (Å²) in [5.74, 6) is -0.467. The molecular formula is C15H20N2O3S. The predicted molar refractivity (Wildman–Crippen MR) is 80.1 cm³/mol.